The van der Waals surface area contributed by atoms with E-state index in [1.54, 1.807) is 11.3 Å². The fraction of sp³-hybridized carbons (Fsp3) is 0.310. The molecule has 1 aliphatic carbocycles. The zero-order valence-corrected chi connectivity index (χ0v) is 22.5. The summed E-state index contributed by atoms with van der Waals surface area (Å²) in [6, 6.07) is 18.1. The van der Waals surface area contributed by atoms with Gasteiger partial charge in [0.15, 0.2) is 5.82 Å². The third-order valence-corrected chi connectivity index (χ3v) is 8.73. The SMILES string of the molecule is CCCN(Cc1ccccc1)C(=O)[C@@H]1Cc2sc3c(c2C1)C(c1ccccc1Cl)=NCc1nnc(C)n1-3. The van der Waals surface area contributed by atoms with Gasteiger partial charge in [0.2, 0.25) is 5.91 Å². The minimum Gasteiger partial charge on any atom is -0.338 e. The molecular weight excluding hydrogens is 502 g/mol. The minimum absolute atomic E-state index is 0.0703. The largest absolute Gasteiger partial charge is 0.338 e. The third-order valence-electron chi connectivity index (χ3n) is 7.16. The lowest BCUT2D eigenvalue weighted by atomic mass is 9.97. The van der Waals surface area contributed by atoms with Crippen molar-refractivity contribution in [1.29, 1.82) is 0 Å². The molecule has 0 N–H and O–H groups in total. The number of fused-ring (bicyclic) bond motifs is 5. The summed E-state index contributed by atoms with van der Waals surface area (Å²) in [5.74, 6) is 1.83. The Bertz CT molecular complexity index is 1510. The van der Waals surface area contributed by atoms with E-state index in [-0.39, 0.29) is 11.8 Å². The van der Waals surface area contributed by atoms with Gasteiger partial charge < -0.3 is 4.90 Å². The number of carbonyl (C=O) groups is 1. The van der Waals surface area contributed by atoms with Crippen molar-refractivity contribution in [2.75, 3.05) is 6.54 Å². The van der Waals surface area contributed by atoms with E-state index in [2.05, 4.69) is 33.8 Å². The van der Waals surface area contributed by atoms with Crippen LogP contribution in [0.5, 0.6) is 0 Å². The molecule has 0 saturated carbocycles. The van der Waals surface area contributed by atoms with Crippen LogP contribution in [0.1, 0.15) is 52.1 Å². The van der Waals surface area contributed by atoms with Crippen LogP contribution in [-0.2, 0) is 30.7 Å². The molecule has 0 bridgehead atoms. The van der Waals surface area contributed by atoms with Gasteiger partial charge in [-0.25, -0.2) is 0 Å². The first-order valence-corrected chi connectivity index (χ1v) is 13.9. The average molecular weight is 530 g/mol. The van der Waals surface area contributed by atoms with Gasteiger partial charge >= 0.3 is 0 Å². The van der Waals surface area contributed by atoms with Crippen LogP contribution in [0.4, 0.5) is 0 Å². The van der Waals surface area contributed by atoms with Crippen molar-refractivity contribution in [3.05, 3.63) is 98.4 Å². The number of hydrogen-bond donors (Lipinski definition) is 0. The number of benzene rings is 2. The molecule has 2 aliphatic rings. The number of thiophene rings is 1. The summed E-state index contributed by atoms with van der Waals surface area (Å²) in [6.07, 6.45) is 2.38. The standard InChI is InChI=1S/C29H28ClN5OS/c1-3-13-34(17-19-9-5-4-6-10-19)28(36)20-14-22-24(15-20)37-29-26(22)27(21-11-7-8-12-23(21)30)31-16-25-33-32-18(2)35(25)29/h4-12,20H,3,13-17H2,1-2H3/t20-/m0/s1. The van der Waals surface area contributed by atoms with Gasteiger partial charge in [-0.3, -0.25) is 14.4 Å². The first-order valence-electron chi connectivity index (χ1n) is 12.7. The molecule has 4 aromatic rings. The quantitative estimate of drug-likeness (QED) is 0.317. The smallest absolute Gasteiger partial charge is 0.226 e. The predicted octanol–water partition coefficient (Wildman–Crippen LogP) is 5.80. The van der Waals surface area contributed by atoms with Gasteiger partial charge in [-0.15, -0.1) is 21.5 Å². The van der Waals surface area contributed by atoms with Gasteiger partial charge in [-0.05, 0) is 43.4 Å². The van der Waals surface area contributed by atoms with Gasteiger partial charge in [0.25, 0.3) is 0 Å². The first kappa shape index (κ1) is 24.1. The highest BCUT2D eigenvalue weighted by Crippen LogP contribution is 2.44. The van der Waals surface area contributed by atoms with Crippen LogP contribution in [0.3, 0.4) is 0 Å². The average Bonchev–Trinajstić information content (AvgIpc) is 3.55. The number of rotatable bonds is 6. The fourth-order valence-electron chi connectivity index (χ4n) is 5.47. The topological polar surface area (TPSA) is 63.4 Å². The Hall–Kier alpha value is -3.29. The lowest BCUT2D eigenvalue weighted by Crippen LogP contribution is -2.36. The van der Waals surface area contributed by atoms with E-state index < -0.39 is 0 Å². The number of halogens is 1. The van der Waals surface area contributed by atoms with Crippen molar-refractivity contribution in [2.45, 2.75) is 46.2 Å². The summed E-state index contributed by atoms with van der Waals surface area (Å²) < 4.78 is 2.13. The number of carbonyl (C=O) groups excluding carboxylic acids is 1. The van der Waals surface area contributed by atoms with Crippen molar-refractivity contribution in [3.63, 3.8) is 0 Å². The van der Waals surface area contributed by atoms with E-state index in [1.807, 2.05) is 54.3 Å². The lowest BCUT2D eigenvalue weighted by Gasteiger charge is -2.25. The summed E-state index contributed by atoms with van der Waals surface area (Å²) >= 11 is 8.41. The Morgan fingerprint density at radius 2 is 1.89 bits per heavy atom. The van der Waals surface area contributed by atoms with Crippen LogP contribution >= 0.6 is 22.9 Å². The molecule has 0 fully saturated rings. The van der Waals surface area contributed by atoms with Crippen LogP contribution in [0.25, 0.3) is 5.00 Å². The van der Waals surface area contributed by atoms with E-state index in [0.29, 0.717) is 24.5 Å². The molecule has 8 heteroatoms. The molecule has 37 heavy (non-hydrogen) atoms. The van der Waals surface area contributed by atoms with E-state index in [0.717, 1.165) is 58.4 Å². The molecule has 188 valence electrons. The van der Waals surface area contributed by atoms with Crippen molar-refractivity contribution < 1.29 is 4.79 Å². The Balaban J connectivity index is 1.38. The summed E-state index contributed by atoms with van der Waals surface area (Å²) in [5.41, 5.74) is 5.25. The van der Waals surface area contributed by atoms with Gasteiger partial charge in [0.1, 0.15) is 17.4 Å². The highest BCUT2D eigenvalue weighted by atomic mass is 35.5. The normalized spacial score (nSPS) is 16.0. The van der Waals surface area contributed by atoms with E-state index in [4.69, 9.17) is 16.6 Å². The molecule has 0 unspecified atom stereocenters. The van der Waals surface area contributed by atoms with Crippen molar-refractivity contribution in [1.82, 2.24) is 19.7 Å². The predicted molar refractivity (Wildman–Crippen MR) is 148 cm³/mol. The van der Waals surface area contributed by atoms with Crippen LogP contribution in [0, 0.1) is 12.8 Å². The highest BCUT2D eigenvalue weighted by Gasteiger charge is 2.38. The molecule has 1 atom stereocenters. The van der Waals surface area contributed by atoms with E-state index in [9.17, 15) is 4.79 Å². The maximum Gasteiger partial charge on any atom is 0.226 e. The molecule has 6 nitrogen and oxygen atoms in total. The number of aromatic nitrogens is 3. The Morgan fingerprint density at radius 1 is 1.11 bits per heavy atom. The maximum atomic E-state index is 13.8. The number of aliphatic imine (C=N–C) groups is 1. The zero-order chi connectivity index (χ0) is 25.5. The molecule has 0 saturated heterocycles. The summed E-state index contributed by atoms with van der Waals surface area (Å²) in [6.45, 7) is 5.93. The number of hydrogen-bond acceptors (Lipinski definition) is 5. The summed E-state index contributed by atoms with van der Waals surface area (Å²) in [7, 11) is 0. The summed E-state index contributed by atoms with van der Waals surface area (Å²) in [5, 5.41) is 10.5. The number of amides is 1. The van der Waals surface area contributed by atoms with Gasteiger partial charge in [-0.1, -0.05) is 67.1 Å². The first-order chi connectivity index (χ1) is 18.0. The molecule has 1 amide bonds. The molecule has 6 rings (SSSR count). The van der Waals surface area contributed by atoms with Crippen LogP contribution in [0.2, 0.25) is 5.02 Å². The second-order valence-corrected chi connectivity index (χ2v) is 11.2. The van der Waals surface area contributed by atoms with E-state index >= 15 is 0 Å². The van der Waals surface area contributed by atoms with Crippen molar-refractivity contribution in [3.8, 4) is 5.00 Å². The van der Waals surface area contributed by atoms with Gasteiger partial charge in [0, 0.05) is 40.0 Å². The van der Waals surface area contributed by atoms with Gasteiger partial charge in [-0.2, -0.15) is 0 Å². The monoisotopic (exact) mass is 529 g/mol. The molecular formula is C29H28ClN5OS. The molecule has 2 aromatic carbocycles. The third kappa shape index (κ3) is 4.30. The van der Waals surface area contributed by atoms with Crippen molar-refractivity contribution >= 4 is 34.6 Å². The van der Waals surface area contributed by atoms with Gasteiger partial charge in [0.05, 0.1) is 5.71 Å². The second kappa shape index (κ2) is 9.88. The maximum absolute atomic E-state index is 13.8. The zero-order valence-electron chi connectivity index (χ0n) is 20.9. The molecule has 2 aromatic heterocycles. The van der Waals surface area contributed by atoms with E-state index in [1.165, 1.54) is 10.4 Å². The Kier molecular flexibility index (Phi) is 6.42. The van der Waals surface area contributed by atoms with Crippen LogP contribution < -0.4 is 0 Å². The Labute approximate surface area is 225 Å². The number of aryl methyl sites for hydroxylation is 1. The highest BCUT2D eigenvalue weighted by molar-refractivity contribution is 7.15. The molecule has 3 heterocycles. The molecule has 1 aliphatic heterocycles. The minimum atomic E-state index is -0.0703. The van der Waals surface area contributed by atoms with Crippen LogP contribution in [0.15, 0.2) is 59.6 Å². The van der Waals surface area contributed by atoms with Crippen molar-refractivity contribution in [2.24, 2.45) is 10.9 Å². The number of nitrogens with zero attached hydrogens (tertiary/aromatic N) is 5. The second-order valence-electron chi connectivity index (χ2n) is 9.68. The molecule has 0 radical (unpaired) electrons. The summed E-state index contributed by atoms with van der Waals surface area (Å²) in [4.78, 5) is 22.1. The van der Waals surface area contributed by atoms with Crippen LogP contribution in [-0.4, -0.2) is 37.8 Å². The lowest BCUT2D eigenvalue weighted by molar-refractivity contribution is -0.135. The fourth-order valence-corrected chi connectivity index (χ4v) is 7.17. The molecule has 0 spiro atoms. The Morgan fingerprint density at radius 3 is 2.68 bits per heavy atom.